The number of hydrogen-bond donors (Lipinski definition) is 1. The second kappa shape index (κ2) is 12.8. The van der Waals surface area contributed by atoms with Gasteiger partial charge in [0.2, 0.25) is 5.91 Å². The van der Waals surface area contributed by atoms with Crippen molar-refractivity contribution in [1.82, 2.24) is 15.1 Å². The first-order chi connectivity index (χ1) is 13.4. The minimum atomic E-state index is -0.404. The molecule has 1 N–H and O–H groups in total. The van der Waals surface area contributed by atoms with Crippen molar-refractivity contribution in [1.29, 1.82) is 0 Å². The van der Waals surface area contributed by atoms with Gasteiger partial charge < -0.3 is 24.6 Å². The maximum absolute atomic E-state index is 14.0. The normalized spacial score (nSPS) is 16.6. The van der Waals surface area contributed by atoms with Crippen molar-refractivity contribution in [3.05, 3.63) is 29.6 Å². The Balaban J connectivity index is 0.00000420. The fourth-order valence-corrected chi connectivity index (χ4v) is 2.93. The van der Waals surface area contributed by atoms with Crippen LogP contribution >= 0.6 is 24.0 Å². The maximum atomic E-state index is 14.0. The zero-order valence-electron chi connectivity index (χ0n) is 17.6. The van der Waals surface area contributed by atoms with Crippen molar-refractivity contribution in [2.45, 2.75) is 31.9 Å². The fraction of sp³-hybridized carbons (Fsp3) is 0.600. The van der Waals surface area contributed by atoms with E-state index in [-0.39, 0.29) is 48.3 Å². The van der Waals surface area contributed by atoms with E-state index in [1.807, 2.05) is 18.0 Å². The maximum Gasteiger partial charge on any atom is 0.243 e. The number of rotatable bonds is 7. The van der Waals surface area contributed by atoms with Crippen molar-refractivity contribution >= 4 is 35.8 Å². The molecule has 1 atom stereocenters. The summed E-state index contributed by atoms with van der Waals surface area (Å²) in [4.78, 5) is 19.8. The number of hydrogen-bond acceptors (Lipinski definition) is 4. The third-order valence-corrected chi connectivity index (χ3v) is 4.62. The molecule has 1 fully saturated rings. The Morgan fingerprint density at radius 2 is 2.10 bits per heavy atom. The van der Waals surface area contributed by atoms with Gasteiger partial charge in [-0.05, 0) is 37.0 Å². The van der Waals surface area contributed by atoms with Crippen molar-refractivity contribution in [3.63, 3.8) is 0 Å². The third kappa shape index (κ3) is 8.33. The second-order valence-electron chi connectivity index (χ2n) is 7.12. The number of amides is 1. The summed E-state index contributed by atoms with van der Waals surface area (Å²) in [6, 6.07) is 4.86. The van der Waals surface area contributed by atoms with Crippen LogP contribution in [0.2, 0.25) is 0 Å². The first-order valence-corrected chi connectivity index (χ1v) is 9.54. The van der Waals surface area contributed by atoms with E-state index in [1.54, 1.807) is 20.2 Å². The van der Waals surface area contributed by atoms with Gasteiger partial charge in [0.1, 0.15) is 6.54 Å². The molecule has 1 unspecified atom stereocenters. The van der Waals surface area contributed by atoms with Crippen LogP contribution in [0.4, 0.5) is 4.39 Å². The molecule has 1 aliphatic rings. The molecule has 1 heterocycles. The summed E-state index contributed by atoms with van der Waals surface area (Å²) < 4.78 is 24.7. The molecule has 2 rings (SSSR count). The van der Waals surface area contributed by atoms with E-state index in [9.17, 15) is 9.18 Å². The number of guanidine groups is 1. The number of carbonyl (C=O) groups excluding carboxylic acids is 1. The number of methoxy groups -OCH3 is 1. The zero-order chi connectivity index (χ0) is 20.5. The molecule has 1 aliphatic heterocycles. The van der Waals surface area contributed by atoms with Crippen LogP contribution in [0.15, 0.2) is 23.2 Å². The summed E-state index contributed by atoms with van der Waals surface area (Å²) in [6.45, 7) is 1.88. The number of nitrogens with zero attached hydrogens (tertiary/aromatic N) is 3. The van der Waals surface area contributed by atoms with E-state index in [1.165, 1.54) is 18.1 Å². The Bertz CT molecular complexity index is 682. The summed E-state index contributed by atoms with van der Waals surface area (Å²) in [5.41, 5.74) is 0.781. The van der Waals surface area contributed by atoms with Gasteiger partial charge in [0.05, 0.1) is 13.2 Å². The summed E-state index contributed by atoms with van der Waals surface area (Å²) in [5.74, 6) is 0.306. The molecule has 1 amide bonds. The molecule has 0 aliphatic carbocycles. The van der Waals surface area contributed by atoms with Crippen LogP contribution in [0.1, 0.15) is 24.8 Å². The van der Waals surface area contributed by atoms with E-state index in [2.05, 4.69) is 10.3 Å². The highest BCUT2D eigenvalue weighted by Gasteiger charge is 2.16. The molecule has 7 nitrogen and oxygen atoms in total. The lowest BCUT2D eigenvalue weighted by Crippen LogP contribution is -2.43. The SMILES string of the molecule is COc1ccc(CN(C)C(=NCC(=O)N(C)C)NCC2CCCCO2)cc1F.I. The molecule has 0 aromatic heterocycles. The van der Waals surface area contributed by atoms with Gasteiger partial charge in [0, 0.05) is 40.8 Å². The molecule has 0 spiro atoms. The van der Waals surface area contributed by atoms with Crippen molar-refractivity contribution in [3.8, 4) is 5.75 Å². The Kier molecular flexibility index (Phi) is 11.3. The number of ether oxygens (including phenoxy) is 2. The summed E-state index contributed by atoms with van der Waals surface area (Å²) in [5, 5.41) is 3.30. The fourth-order valence-electron chi connectivity index (χ4n) is 2.93. The second-order valence-corrected chi connectivity index (χ2v) is 7.12. The van der Waals surface area contributed by atoms with Gasteiger partial charge in [-0.25, -0.2) is 9.38 Å². The first-order valence-electron chi connectivity index (χ1n) is 9.54. The van der Waals surface area contributed by atoms with Crippen LogP contribution in [0.5, 0.6) is 5.75 Å². The third-order valence-electron chi connectivity index (χ3n) is 4.62. The molecule has 0 radical (unpaired) electrons. The van der Waals surface area contributed by atoms with Crippen LogP contribution in [0.25, 0.3) is 0 Å². The number of aliphatic imine (C=N–C) groups is 1. The van der Waals surface area contributed by atoms with Gasteiger partial charge >= 0.3 is 0 Å². The van der Waals surface area contributed by atoms with Crippen LogP contribution in [0.3, 0.4) is 0 Å². The smallest absolute Gasteiger partial charge is 0.243 e. The van der Waals surface area contributed by atoms with Crippen LogP contribution in [-0.2, 0) is 16.1 Å². The molecule has 29 heavy (non-hydrogen) atoms. The van der Waals surface area contributed by atoms with Gasteiger partial charge in [-0.15, -0.1) is 24.0 Å². The summed E-state index contributed by atoms with van der Waals surface area (Å²) in [7, 11) is 6.69. The Labute approximate surface area is 189 Å². The average Bonchev–Trinajstić information content (AvgIpc) is 2.68. The standard InChI is InChI=1S/C20H31FN4O3.HI/c1-24(2)19(26)13-23-20(22-12-16-7-5-6-10-28-16)25(3)14-15-8-9-18(27-4)17(21)11-15;/h8-9,11,16H,5-7,10,12-14H2,1-4H3,(H,22,23);1H. The zero-order valence-corrected chi connectivity index (χ0v) is 19.9. The first kappa shape index (κ1) is 25.4. The molecule has 1 saturated heterocycles. The molecule has 0 bridgehead atoms. The van der Waals surface area contributed by atoms with Gasteiger partial charge in [0.15, 0.2) is 17.5 Å². The van der Waals surface area contributed by atoms with Gasteiger partial charge in [0.25, 0.3) is 0 Å². The van der Waals surface area contributed by atoms with Crippen molar-refractivity contribution in [2.75, 3.05) is 47.9 Å². The Morgan fingerprint density at radius 1 is 1.34 bits per heavy atom. The van der Waals surface area contributed by atoms with Crippen LogP contribution in [0, 0.1) is 5.82 Å². The van der Waals surface area contributed by atoms with Crippen LogP contribution in [-0.4, -0.2) is 75.7 Å². The highest BCUT2D eigenvalue weighted by molar-refractivity contribution is 14.0. The molecular weight excluding hydrogens is 490 g/mol. The van der Waals surface area contributed by atoms with Gasteiger partial charge in [-0.1, -0.05) is 6.07 Å². The minimum Gasteiger partial charge on any atom is -0.494 e. The summed E-state index contributed by atoms with van der Waals surface area (Å²) in [6.07, 6.45) is 3.39. The quantitative estimate of drug-likeness (QED) is 0.339. The number of likely N-dealkylation sites (N-methyl/N-ethyl adjacent to an activating group) is 1. The average molecular weight is 522 g/mol. The van der Waals surface area contributed by atoms with E-state index < -0.39 is 5.82 Å². The van der Waals surface area contributed by atoms with E-state index in [0.717, 1.165) is 31.4 Å². The topological polar surface area (TPSA) is 66.4 Å². The number of halogens is 2. The number of benzene rings is 1. The highest BCUT2D eigenvalue weighted by Crippen LogP contribution is 2.18. The van der Waals surface area contributed by atoms with E-state index in [0.29, 0.717) is 19.0 Å². The minimum absolute atomic E-state index is 0. The van der Waals surface area contributed by atoms with Crippen molar-refractivity contribution in [2.24, 2.45) is 4.99 Å². The summed E-state index contributed by atoms with van der Waals surface area (Å²) >= 11 is 0. The van der Waals surface area contributed by atoms with Crippen LogP contribution < -0.4 is 10.1 Å². The van der Waals surface area contributed by atoms with Crippen molar-refractivity contribution < 1.29 is 18.7 Å². The molecule has 164 valence electrons. The Morgan fingerprint density at radius 3 is 2.69 bits per heavy atom. The number of carbonyl (C=O) groups is 1. The molecule has 1 aromatic carbocycles. The monoisotopic (exact) mass is 522 g/mol. The molecule has 1 aromatic rings. The number of nitrogens with one attached hydrogen (secondary N) is 1. The van der Waals surface area contributed by atoms with E-state index >= 15 is 0 Å². The largest absolute Gasteiger partial charge is 0.494 e. The Hall–Kier alpha value is -1.62. The van der Waals surface area contributed by atoms with Gasteiger partial charge in [-0.3, -0.25) is 4.79 Å². The lowest BCUT2D eigenvalue weighted by Gasteiger charge is -2.27. The predicted molar refractivity (Wildman–Crippen MR) is 122 cm³/mol. The van der Waals surface area contributed by atoms with E-state index in [4.69, 9.17) is 9.47 Å². The van der Waals surface area contributed by atoms with Gasteiger partial charge in [-0.2, -0.15) is 0 Å². The lowest BCUT2D eigenvalue weighted by atomic mass is 10.1. The predicted octanol–water partition coefficient (Wildman–Crippen LogP) is 2.49. The molecular formula is C20H32FIN4O3. The molecule has 9 heteroatoms. The lowest BCUT2D eigenvalue weighted by molar-refractivity contribution is -0.127. The molecule has 0 saturated carbocycles. The highest BCUT2D eigenvalue weighted by atomic mass is 127.